The summed E-state index contributed by atoms with van der Waals surface area (Å²) < 4.78 is 5.39. The van der Waals surface area contributed by atoms with Gasteiger partial charge in [-0.25, -0.2) is 9.59 Å². The molecule has 1 aromatic carbocycles. The normalized spacial score (nSPS) is 15.0. The topological polar surface area (TPSA) is 73.9 Å². The van der Waals surface area contributed by atoms with Crippen molar-refractivity contribution in [3.05, 3.63) is 29.8 Å². The fourth-order valence-electron chi connectivity index (χ4n) is 2.67. The van der Waals surface area contributed by atoms with E-state index in [-0.39, 0.29) is 12.1 Å². The van der Waals surface area contributed by atoms with Crippen LogP contribution in [0.15, 0.2) is 24.3 Å². The first-order valence-corrected chi connectivity index (χ1v) is 9.08. The zero-order chi connectivity index (χ0) is 19.9. The predicted octanol–water partition coefficient (Wildman–Crippen LogP) is 2.34. The first-order valence-electron chi connectivity index (χ1n) is 9.08. The average Bonchev–Trinajstić information content (AvgIpc) is 2.61. The second-order valence-electron chi connectivity index (χ2n) is 7.42. The second-order valence-corrected chi connectivity index (χ2v) is 7.42. The SMILES string of the molecule is C#Cc1cccc(NC(=O)NCCN2CCN(C(=O)OC(C)(C)C)CC2)c1. The van der Waals surface area contributed by atoms with Crippen molar-refractivity contribution >= 4 is 17.8 Å². The molecule has 3 amide bonds. The molecule has 7 heteroatoms. The first-order chi connectivity index (χ1) is 12.8. The zero-order valence-electron chi connectivity index (χ0n) is 16.2. The summed E-state index contributed by atoms with van der Waals surface area (Å²) in [4.78, 5) is 27.9. The molecule has 0 aliphatic carbocycles. The molecule has 0 spiro atoms. The van der Waals surface area contributed by atoms with Crippen LogP contribution >= 0.6 is 0 Å². The number of carbonyl (C=O) groups excluding carboxylic acids is 2. The molecule has 0 atom stereocenters. The van der Waals surface area contributed by atoms with Crippen molar-refractivity contribution in [3.8, 4) is 12.3 Å². The first kappa shape index (κ1) is 20.6. The molecule has 0 radical (unpaired) electrons. The van der Waals surface area contributed by atoms with Crippen LogP contribution in [0.25, 0.3) is 0 Å². The number of amides is 3. The van der Waals surface area contributed by atoms with Gasteiger partial charge in [-0.3, -0.25) is 4.90 Å². The molecular weight excluding hydrogens is 344 g/mol. The Morgan fingerprint density at radius 1 is 1.22 bits per heavy atom. The maximum atomic E-state index is 12.1. The molecule has 1 heterocycles. The average molecular weight is 372 g/mol. The molecule has 2 N–H and O–H groups in total. The van der Waals surface area contributed by atoms with Gasteiger partial charge in [-0.05, 0) is 39.0 Å². The molecule has 146 valence electrons. The van der Waals surface area contributed by atoms with Crippen LogP contribution < -0.4 is 10.6 Å². The van der Waals surface area contributed by atoms with E-state index < -0.39 is 5.60 Å². The number of rotatable bonds is 4. The van der Waals surface area contributed by atoms with Crippen molar-refractivity contribution in [1.29, 1.82) is 0 Å². The molecule has 1 aromatic rings. The highest BCUT2D eigenvalue weighted by atomic mass is 16.6. The van der Waals surface area contributed by atoms with E-state index >= 15 is 0 Å². The lowest BCUT2D eigenvalue weighted by atomic mass is 10.2. The number of piperazine rings is 1. The molecule has 1 aliphatic heterocycles. The lowest BCUT2D eigenvalue weighted by Crippen LogP contribution is -2.51. The molecule has 0 bridgehead atoms. The molecule has 7 nitrogen and oxygen atoms in total. The van der Waals surface area contributed by atoms with Crippen molar-refractivity contribution in [2.24, 2.45) is 0 Å². The van der Waals surface area contributed by atoms with E-state index in [0.29, 0.717) is 25.3 Å². The standard InChI is InChI=1S/C20H28N4O3/c1-5-16-7-6-8-17(15-16)22-18(25)21-9-10-23-11-13-24(14-12-23)19(26)27-20(2,3)4/h1,6-8,15H,9-14H2,2-4H3,(H2,21,22,25). The fraction of sp³-hybridized carbons (Fsp3) is 0.500. The Bertz CT molecular complexity index is 698. The number of terminal acetylenes is 1. The van der Waals surface area contributed by atoms with Gasteiger partial charge in [0, 0.05) is 50.5 Å². The van der Waals surface area contributed by atoms with Gasteiger partial charge in [-0.2, -0.15) is 0 Å². The van der Waals surface area contributed by atoms with Crippen LogP contribution in [-0.4, -0.2) is 66.8 Å². The Morgan fingerprint density at radius 2 is 1.93 bits per heavy atom. The summed E-state index contributed by atoms with van der Waals surface area (Å²) in [6.45, 7) is 9.59. The highest BCUT2D eigenvalue weighted by molar-refractivity contribution is 5.89. The van der Waals surface area contributed by atoms with Crippen molar-refractivity contribution in [2.45, 2.75) is 26.4 Å². The number of benzene rings is 1. The van der Waals surface area contributed by atoms with Crippen LogP contribution in [0.5, 0.6) is 0 Å². The Hall–Kier alpha value is -2.72. The lowest BCUT2D eigenvalue weighted by molar-refractivity contribution is 0.0147. The minimum Gasteiger partial charge on any atom is -0.444 e. The highest BCUT2D eigenvalue weighted by Crippen LogP contribution is 2.12. The maximum Gasteiger partial charge on any atom is 0.410 e. The van der Waals surface area contributed by atoms with E-state index in [4.69, 9.17) is 11.2 Å². The molecule has 0 aromatic heterocycles. The summed E-state index contributed by atoms with van der Waals surface area (Å²) in [5, 5.41) is 5.60. The minimum absolute atomic E-state index is 0.267. The summed E-state index contributed by atoms with van der Waals surface area (Å²) in [6, 6.07) is 6.87. The van der Waals surface area contributed by atoms with Crippen molar-refractivity contribution in [2.75, 3.05) is 44.6 Å². The molecule has 0 saturated carbocycles. The van der Waals surface area contributed by atoms with Crippen LogP contribution in [0.4, 0.5) is 15.3 Å². The van der Waals surface area contributed by atoms with Gasteiger partial charge in [-0.1, -0.05) is 12.0 Å². The highest BCUT2D eigenvalue weighted by Gasteiger charge is 2.25. The van der Waals surface area contributed by atoms with E-state index in [1.807, 2.05) is 20.8 Å². The van der Waals surface area contributed by atoms with Crippen molar-refractivity contribution in [3.63, 3.8) is 0 Å². The molecule has 27 heavy (non-hydrogen) atoms. The number of hydrogen-bond acceptors (Lipinski definition) is 4. The van der Waals surface area contributed by atoms with Crippen LogP contribution in [0.1, 0.15) is 26.3 Å². The smallest absolute Gasteiger partial charge is 0.410 e. The maximum absolute atomic E-state index is 12.1. The van der Waals surface area contributed by atoms with Gasteiger partial charge in [0.1, 0.15) is 5.60 Å². The Morgan fingerprint density at radius 3 is 2.56 bits per heavy atom. The van der Waals surface area contributed by atoms with Gasteiger partial charge < -0.3 is 20.3 Å². The van der Waals surface area contributed by atoms with Gasteiger partial charge in [0.25, 0.3) is 0 Å². The van der Waals surface area contributed by atoms with E-state index in [2.05, 4.69) is 21.5 Å². The molecule has 1 saturated heterocycles. The minimum atomic E-state index is -0.481. The number of ether oxygens (including phenoxy) is 1. The number of nitrogens with one attached hydrogen (secondary N) is 2. The van der Waals surface area contributed by atoms with Gasteiger partial charge in [0.05, 0.1) is 0 Å². The van der Waals surface area contributed by atoms with Crippen LogP contribution in [0.2, 0.25) is 0 Å². The zero-order valence-corrected chi connectivity index (χ0v) is 16.2. The van der Waals surface area contributed by atoms with Gasteiger partial charge in [-0.15, -0.1) is 6.42 Å². The summed E-state index contributed by atoms with van der Waals surface area (Å²) in [6.07, 6.45) is 5.08. The van der Waals surface area contributed by atoms with E-state index in [1.54, 1.807) is 29.2 Å². The number of carbonyl (C=O) groups is 2. The number of hydrogen-bond donors (Lipinski definition) is 2. The lowest BCUT2D eigenvalue weighted by Gasteiger charge is -2.35. The van der Waals surface area contributed by atoms with Crippen molar-refractivity contribution in [1.82, 2.24) is 15.1 Å². The number of anilines is 1. The molecule has 1 fully saturated rings. The number of nitrogens with zero attached hydrogens (tertiary/aromatic N) is 2. The molecular formula is C20H28N4O3. The third kappa shape index (κ3) is 7.19. The molecule has 2 rings (SSSR count). The van der Waals surface area contributed by atoms with E-state index in [1.165, 1.54) is 0 Å². The second kappa shape index (κ2) is 9.28. The Kier molecular flexibility index (Phi) is 7.08. The van der Waals surface area contributed by atoms with Crippen LogP contribution in [0.3, 0.4) is 0 Å². The van der Waals surface area contributed by atoms with Gasteiger partial charge in [0.2, 0.25) is 0 Å². The Labute approximate surface area is 161 Å². The quantitative estimate of drug-likeness (QED) is 0.796. The summed E-state index contributed by atoms with van der Waals surface area (Å²) >= 11 is 0. The van der Waals surface area contributed by atoms with E-state index in [9.17, 15) is 9.59 Å². The van der Waals surface area contributed by atoms with Crippen LogP contribution in [-0.2, 0) is 4.74 Å². The Balaban J connectivity index is 1.66. The predicted molar refractivity (Wildman–Crippen MR) is 106 cm³/mol. The fourth-order valence-corrected chi connectivity index (χ4v) is 2.67. The molecule has 1 aliphatic rings. The van der Waals surface area contributed by atoms with Crippen molar-refractivity contribution < 1.29 is 14.3 Å². The monoisotopic (exact) mass is 372 g/mol. The van der Waals surface area contributed by atoms with E-state index in [0.717, 1.165) is 25.2 Å². The summed E-state index contributed by atoms with van der Waals surface area (Å²) in [5.74, 6) is 2.54. The van der Waals surface area contributed by atoms with Gasteiger partial charge >= 0.3 is 12.1 Å². The largest absolute Gasteiger partial charge is 0.444 e. The molecule has 0 unspecified atom stereocenters. The summed E-state index contributed by atoms with van der Waals surface area (Å²) in [7, 11) is 0. The third-order valence-electron chi connectivity index (χ3n) is 4.02. The third-order valence-corrected chi connectivity index (χ3v) is 4.02. The van der Waals surface area contributed by atoms with Crippen LogP contribution in [0, 0.1) is 12.3 Å². The number of urea groups is 1. The summed E-state index contributed by atoms with van der Waals surface area (Å²) in [5.41, 5.74) is 0.898. The van der Waals surface area contributed by atoms with Gasteiger partial charge in [0.15, 0.2) is 0 Å².